The van der Waals surface area contributed by atoms with Crippen molar-refractivity contribution in [3.05, 3.63) is 22.7 Å². The van der Waals surface area contributed by atoms with Gasteiger partial charge in [0, 0.05) is 25.7 Å². The van der Waals surface area contributed by atoms with Gasteiger partial charge in [0.1, 0.15) is 0 Å². The van der Waals surface area contributed by atoms with Crippen LogP contribution in [0.5, 0.6) is 0 Å². The fourth-order valence-corrected chi connectivity index (χ4v) is 4.29. The Morgan fingerprint density at radius 2 is 2.00 bits per heavy atom. The fourth-order valence-electron chi connectivity index (χ4n) is 2.32. The zero-order valence-corrected chi connectivity index (χ0v) is 13.5. The van der Waals surface area contributed by atoms with Gasteiger partial charge in [-0.3, -0.25) is 0 Å². The van der Waals surface area contributed by atoms with Crippen LogP contribution in [-0.2, 0) is 10.0 Å². The summed E-state index contributed by atoms with van der Waals surface area (Å²) in [4.78, 5) is 2.39. The van der Waals surface area contributed by atoms with E-state index in [0.717, 1.165) is 6.54 Å². The maximum atomic E-state index is 12.7. The van der Waals surface area contributed by atoms with Gasteiger partial charge in [-0.1, -0.05) is 11.6 Å². The summed E-state index contributed by atoms with van der Waals surface area (Å²) >= 11 is 5.92. The van der Waals surface area contributed by atoms with Crippen LogP contribution in [0.2, 0.25) is 5.02 Å². The third-order valence-corrected chi connectivity index (χ3v) is 6.17. The molecule has 0 aromatic heterocycles. The third-order valence-electron chi connectivity index (χ3n) is 3.83. The Morgan fingerprint density at radius 1 is 1.35 bits per heavy atom. The minimum absolute atomic E-state index is 0.198. The lowest BCUT2D eigenvalue weighted by atomic mass is 10.2. The number of piperazine rings is 1. The van der Waals surface area contributed by atoms with Crippen LogP contribution in [0.25, 0.3) is 0 Å². The Morgan fingerprint density at radius 3 is 2.60 bits per heavy atom. The van der Waals surface area contributed by atoms with Crippen molar-refractivity contribution in [1.82, 2.24) is 9.21 Å². The topological polar surface area (TPSA) is 66.6 Å². The normalized spacial score (nSPS) is 22.1. The fraction of sp³-hybridized carbons (Fsp3) is 0.538. The highest BCUT2D eigenvalue weighted by Gasteiger charge is 2.32. The van der Waals surface area contributed by atoms with E-state index in [0.29, 0.717) is 23.7 Å². The molecule has 0 bridgehead atoms. The average molecular weight is 318 g/mol. The molecule has 2 N–H and O–H groups in total. The SMILES string of the molecule is Cc1cc(Cl)c(N)cc1S(=O)(=O)N1CCN(C)C(C)C1. The highest BCUT2D eigenvalue weighted by Crippen LogP contribution is 2.29. The summed E-state index contributed by atoms with van der Waals surface area (Å²) in [5.74, 6) is 0. The molecule has 2 rings (SSSR count). The van der Waals surface area contributed by atoms with Crippen molar-refractivity contribution >= 4 is 27.3 Å². The number of nitrogens with two attached hydrogens (primary N) is 1. The molecule has 1 unspecified atom stereocenters. The molecule has 0 saturated carbocycles. The number of anilines is 1. The van der Waals surface area contributed by atoms with Crippen LogP contribution in [0, 0.1) is 6.92 Å². The van der Waals surface area contributed by atoms with E-state index in [1.54, 1.807) is 13.0 Å². The Hall–Kier alpha value is -0.820. The first-order chi connectivity index (χ1) is 9.23. The van der Waals surface area contributed by atoms with Gasteiger partial charge in [0.15, 0.2) is 0 Å². The number of nitrogens with zero attached hydrogens (tertiary/aromatic N) is 2. The molecule has 5 nitrogen and oxygen atoms in total. The van der Waals surface area contributed by atoms with Gasteiger partial charge in [-0.2, -0.15) is 4.31 Å². The zero-order valence-electron chi connectivity index (χ0n) is 11.9. The summed E-state index contributed by atoms with van der Waals surface area (Å²) in [6, 6.07) is 3.25. The van der Waals surface area contributed by atoms with Crippen molar-refractivity contribution < 1.29 is 8.42 Å². The first kappa shape index (κ1) is 15.6. The summed E-state index contributed by atoms with van der Waals surface area (Å²) in [6.45, 7) is 5.46. The average Bonchev–Trinajstić information content (AvgIpc) is 2.36. The van der Waals surface area contributed by atoms with Crippen molar-refractivity contribution in [2.24, 2.45) is 0 Å². The lowest BCUT2D eigenvalue weighted by Gasteiger charge is -2.37. The van der Waals surface area contributed by atoms with Crippen molar-refractivity contribution in [3.8, 4) is 0 Å². The molecule has 20 heavy (non-hydrogen) atoms. The van der Waals surface area contributed by atoms with E-state index in [2.05, 4.69) is 4.90 Å². The molecule has 0 radical (unpaired) electrons. The highest BCUT2D eigenvalue weighted by molar-refractivity contribution is 7.89. The van der Waals surface area contributed by atoms with E-state index in [1.165, 1.54) is 10.4 Å². The molecule has 112 valence electrons. The predicted molar refractivity (Wildman–Crippen MR) is 81.5 cm³/mol. The first-order valence-corrected chi connectivity index (χ1v) is 8.31. The summed E-state index contributed by atoms with van der Waals surface area (Å²) in [7, 11) is -1.52. The number of nitrogen functional groups attached to an aromatic ring is 1. The van der Waals surface area contributed by atoms with Gasteiger partial charge in [-0.25, -0.2) is 8.42 Å². The number of hydrogen-bond acceptors (Lipinski definition) is 4. The standard InChI is InChI=1S/C13H20ClN3O2S/c1-9-6-11(14)12(15)7-13(9)20(18,19)17-5-4-16(3)10(2)8-17/h6-7,10H,4-5,8,15H2,1-3H3. The van der Waals surface area contributed by atoms with Crippen LogP contribution in [0.1, 0.15) is 12.5 Å². The summed E-state index contributed by atoms with van der Waals surface area (Å²) in [5, 5.41) is 0.383. The van der Waals surface area contributed by atoms with Crippen molar-refractivity contribution in [2.45, 2.75) is 24.8 Å². The molecular weight excluding hydrogens is 298 g/mol. The number of likely N-dealkylation sites (N-methyl/N-ethyl adjacent to an activating group) is 1. The van der Waals surface area contributed by atoms with Crippen molar-refractivity contribution in [2.75, 3.05) is 32.4 Å². The van der Waals surface area contributed by atoms with Gasteiger partial charge in [0.05, 0.1) is 15.6 Å². The molecule has 7 heteroatoms. The van der Waals surface area contributed by atoms with Gasteiger partial charge in [0.25, 0.3) is 0 Å². The van der Waals surface area contributed by atoms with Gasteiger partial charge in [-0.05, 0) is 38.6 Å². The molecular formula is C13H20ClN3O2S. The minimum Gasteiger partial charge on any atom is -0.397 e. The molecule has 1 aromatic rings. The highest BCUT2D eigenvalue weighted by atomic mass is 35.5. The molecule has 1 fully saturated rings. The van der Waals surface area contributed by atoms with Crippen LogP contribution in [-0.4, -0.2) is 50.3 Å². The first-order valence-electron chi connectivity index (χ1n) is 6.49. The second kappa shape index (κ2) is 5.52. The zero-order chi connectivity index (χ0) is 15.1. The summed E-state index contributed by atoms with van der Waals surface area (Å²) in [5.41, 5.74) is 6.65. The smallest absolute Gasteiger partial charge is 0.243 e. The monoisotopic (exact) mass is 317 g/mol. The largest absolute Gasteiger partial charge is 0.397 e. The quantitative estimate of drug-likeness (QED) is 0.841. The predicted octanol–water partition coefficient (Wildman–Crippen LogP) is 1.56. The van der Waals surface area contributed by atoms with Crippen LogP contribution < -0.4 is 5.73 Å². The molecule has 0 aliphatic carbocycles. The van der Waals surface area contributed by atoms with Gasteiger partial charge in [-0.15, -0.1) is 0 Å². The van der Waals surface area contributed by atoms with E-state index in [9.17, 15) is 8.42 Å². The molecule has 0 spiro atoms. The van der Waals surface area contributed by atoms with E-state index < -0.39 is 10.0 Å². The minimum atomic E-state index is -3.52. The van der Waals surface area contributed by atoms with Gasteiger partial charge < -0.3 is 10.6 Å². The molecule has 1 aliphatic heterocycles. The lowest BCUT2D eigenvalue weighted by molar-refractivity contribution is 0.159. The Bertz CT molecular complexity index is 618. The Labute approximate surface area is 125 Å². The van der Waals surface area contributed by atoms with Crippen LogP contribution >= 0.6 is 11.6 Å². The van der Waals surface area contributed by atoms with Crippen molar-refractivity contribution in [1.29, 1.82) is 0 Å². The summed E-state index contributed by atoms with van der Waals surface area (Å²) < 4.78 is 27.0. The van der Waals surface area contributed by atoms with E-state index >= 15 is 0 Å². The molecule has 1 aromatic carbocycles. The van der Waals surface area contributed by atoms with E-state index in [-0.39, 0.29) is 16.6 Å². The molecule has 1 atom stereocenters. The molecule has 1 aliphatic rings. The van der Waals surface area contributed by atoms with Gasteiger partial charge >= 0.3 is 0 Å². The second-order valence-corrected chi connectivity index (χ2v) is 7.65. The molecule has 1 saturated heterocycles. The van der Waals surface area contributed by atoms with Crippen LogP contribution in [0.3, 0.4) is 0 Å². The maximum absolute atomic E-state index is 12.7. The molecule has 0 amide bonds. The number of halogens is 1. The van der Waals surface area contributed by atoms with Gasteiger partial charge in [0.2, 0.25) is 10.0 Å². The number of benzene rings is 1. The lowest BCUT2D eigenvalue weighted by Crippen LogP contribution is -2.51. The molecule has 1 heterocycles. The van der Waals surface area contributed by atoms with Crippen LogP contribution in [0.15, 0.2) is 17.0 Å². The Kier molecular flexibility index (Phi) is 4.30. The van der Waals surface area contributed by atoms with Crippen LogP contribution in [0.4, 0.5) is 5.69 Å². The number of aryl methyl sites for hydroxylation is 1. The number of sulfonamides is 1. The van der Waals surface area contributed by atoms with E-state index in [4.69, 9.17) is 17.3 Å². The third kappa shape index (κ3) is 2.79. The number of hydrogen-bond donors (Lipinski definition) is 1. The van der Waals surface area contributed by atoms with E-state index in [1.807, 2.05) is 14.0 Å². The summed E-state index contributed by atoms with van der Waals surface area (Å²) in [6.07, 6.45) is 0. The maximum Gasteiger partial charge on any atom is 0.243 e. The van der Waals surface area contributed by atoms with Crippen molar-refractivity contribution in [3.63, 3.8) is 0 Å². The Balaban J connectivity index is 2.38. The number of rotatable bonds is 2. The second-order valence-electron chi connectivity index (χ2n) is 5.33.